The Bertz CT molecular complexity index is 634. The normalized spacial score (nSPS) is 10.5. The SMILES string of the molecule is COC(=O)CNC(=O)CCn1ncc2c(C)cccc21. The van der Waals surface area contributed by atoms with Crippen molar-refractivity contribution in [2.45, 2.75) is 19.9 Å². The van der Waals surface area contributed by atoms with Gasteiger partial charge < -0.3 is 10.1 Å². The molecule has 0 unspecified atom stereocenters. The molecule has 0 aliphatic rings. The van der Waals surface area contributed by atoms with E-state index in [1.165, 1.54) is 7.11 Å². The van der Waals surface area contributed by atoms with Crippen LogP contribution in [0.15, 0.2) is 24.4 Å². The average molecular weight is 275 g/mol. The molecule has 0 spiro atoms. The Labute approximate surface area is 116 Å². The third-order valence-electron chi connectivity index (χ3n) is 3.11. The summed E-state index contributed by atoms with van der Waals surface area (Å²) in [6.07, 6.45) is 2.07. The second-order valence-electron chi connectivity index (χ2n) is 4.48. The number of carbonyl (C=O) groups is 2. The van der Waals surface area contributed by atoms with Crippen LogP contribution in [0.2, 0.25) is 0 Å². The summed E-state index contributed by atoms with van der Waals surface area (Å²) >= 11 is 0. The number of hydrogen-bond acceptors (Lipinski definition) is 4. The number of amides is 1. The number of fused-ring (bicyclic) bond motifs is 1. The molecule has 0 bridgehead atoms. The highest BCUT2D eigenvalue weighted by molar-refractivity contribution is 5.83. The topological polar surface area (TPSA) is 73.2 Å². The van der Waals surface area contributed by atoms with Crippen molar-refractivity contribution < 1.29 is 14.3 Å². The van der Waals surface area contributed by atoms with Gasteiger partial charge in [0.25, 0.3) is 0 Å². The number of esters is 1. The van der Waals surface area contributed by atoms with Crippen LogP contribution in [0.3, 0.4) is 0 Å². The zero-order chi connectivity index (χ0) is 14.5. The first-order valence-electron chi connectivity index (χ1n) is 6.36. The van der Waals surface area contributed by atoms with Gasteiger partial charge in [0, 0.05) is 11.8 Å². The van der Waals surface area contributed by atoms with E-state index in [0.29, 0.717) is 6.54 Å². The van der Waals surface area contributed by atoms with Gasteiger partial charge in [-0.15, -0.1) is 0 Å². The predicted octanol–water partition coefficient (Wildman–Crippen LogP) is 1.02. The molecule has 0 radical (unpaired) electrons. The third kappa shape index (κ3) is 3.14. The number of nitrogens with zero attached hydrogens (tertiary/aromatic N) is 2. The molecule has 1 aromatic heterocycles. The number of rotatable bonds is 5. The van der Waals surface area contributed by atoms with E-state index in [1.54, 1.807) is 10.9 Å². The quantitative estimate of drug-likeness (QED) is 0.827. The molecule has 0 fully saturated rings. The van der Waals surface area contributed by atoms with Crippen LogP contribution in [0, 0.1) is 6.92 Å². The Morgan fingerprint density at radius 1 is 1.40 bits per heavy atom. The number of carbonyl (C=O) groups excluding carboxylic acids is 2. The zero-order valence-electron chi connectivity index (χ0n) is 11.5. The van der Waals surface area contributed by atoms with Crippen molar-refractivity contribution in [2.75, 3.05) is 13.7 Å². The molecule has 0 atom stereocenters. The zero-order valence-corrected chi connectivity index (χ0v) is 11.5. The number of hydrogen-bond donors (Lipinski definition) is 1. The van der Waals surface area contributed by atoms with E-state index in [0.717, 1.165) is 16.5 Å². The maximum atomic E-state index is 11.6. The standard InChI is InChI=1S/C14H17N3O3/c1-10-4-3-5-12-11(10)8-16-17(12)7-6-13(18)15-9-14(19)20-2/h3-5,8H,6-7,9H2,1-2H3,(H,15,18). The lowest BCUT2D eigenvalue weighted by Crippen LogP contribution is -2.30. The van der Waals surface area contributed by atoms with E-state index in [1.807, 2.05) is 25.1 Å². The number of aryl methyl sites for hydroxylation is 2. The van der Waals surface area contributed by atoms with Gasteiger partial charge in [-0.2, -0.15) is 5.10 Å². The molecule has 6 nitrogen and oxygen atoms in total. The molecule has 1 heterocycles. The first-order chi connectivity index (χ1) is 9.61. The fourth-order valence-electron chi connectivity index (χ4n) is 1.96. The Kier molecular flexibility index (Phi) is 4.34. The molecule has 1 N–H and O–H groups in total. The molecule has 106 valence electrons. The fraction of sp³-hybridized carbons (Fsp3) is 0.357. The Hall–Kier alpha value is -2.37. The molecule has 20 heavy (non-hydrogen) atoms. The van der Waals surface area contributed by atoms with Gasteiger partial charge in [0.1, 0.15) is 6.54 Å². The minimum atomic E-state index is -0.460. The van der Waals surface area contributed by atoms with Gasteiger partial charge in [0.05, 0.1) is 25.4 Å². The number of nitrogens with one attached hydrogen (secondary N) is 1. The van der Waals surface area contributed by atoms with Crippen molar-refractivity contribution in [1.82, 2.24) is 15.1 Å². The lowest BCUT2D eigenvalue weighted by molar-refractivity contribution is -0.141. The first-order valence-corrected chi connectivity index (χ1v) is 6.36. The fourth-order valence-corrected chi connectivity index (χ4v) is 1.96. The highest BCUT2D eigenvalue weighted by Gasteiger charge is 2.08. The van der Waals surface area contributed by atoms with Crippen LogP contribution in [-0.4, -0.2) is 35.3 Å². The maximum absolute atomic E-state index is 11.6. The smallest absolute Gasteiger partial charge is 0.325 e. The van der Waals surface area contributed by atoms with Crippen LogP contribution in [0.4, 0.5) is 0 Å². The molecular formula is C14H17N3O3. The van der Waals surface area contributed by atoms with Crippen LogP contribution in [-0.2, 0) is 20.9 Å². The van der Waals surface area contributed by atoms with Gasteiger partial charge >= 0.3 is 5.97 Å². The van der Waals surface area contributed by atoms with Gasteiger partial charge in [0.15, 0.2) is 0 Å². The second-order valence-corrected chi connectivity index (χ2v) is 4.48. The molecule has 1 aromatic carbocycles. The second kappa shape index (κ2) is 6.18. The van der Waals surface area contributed by atoms with Crippen molar-refractivity contribution in [1.29, 1.82) is 0 Å². The van der Waals surface area contributed by atoms with Gasteiger partial charge in [-0.3, -0.25) is 14.3 Å². The molecule has 1 amide bonds. The Morgan fingerprint density at radius 2 is 2.20 bits per heavy atom. The number of aromatic nitrogens is 2. The van der Waals surface area contributed by atoms with E-state index in [2.05, 4.69) is 15.2 Å². The molecule has 0 saturated heterocycles. The van der Waals surface area contributed by atoms with Gasteiger partial charge in [-0.25, -0.2) is 0 Å². The predicted molar refractivity (Wildman–Crippen MR) is 74.1 cm³/mol. The first kappa shape index (κ1) is 14.0. The van der Waals surface area contributed by atoms with Gasteiger partial charge in [-0.1, -0.05) is 12.1 Å². The summed E-state index contributed by atoms with van der Waals surface area (Å²) in [5, 5.41) is 7.87. The Morgan fingerprint density at radius 3 is 2.95 bits per heavy atom. The van der Waals surface area contributed by atoms with Crippen LogP contribution in [0.25, 0.3) is 10.9 Å². The summed E-state index contributed by atoms with van der Waals surface area (Å²) in [6.45, 7) is 2.39. The summed E-state index contributed by atoms with van der Waals surface area (Å²) in [4.78, 5) is 22.5. The van der Waals surface area contributed by atoms with Crippen molar-refractivity contribution in [2.24, 2.45) is 0 Å². The summed E-state index contributed by atoms with van der Waals surface area (Å²) in [6, 6.07) is 5.96. The molecule has 2 rings (SSSR count). The molecule has 2 aromatic rings. The van der Waals surface area contributed by atoms with Gasteiger partial charge in [-0.05, 0) is 18.6 Å². The summed E-state index contributed by atoms with van der Waals surface area (Å²) in [5.41, 5.74) is 2.16. The molecular weight excluding hydrogens is 258 g/mol. The molecule has 6 heteroatoms. The highest BCUT2D eigenvalue weighted by Crippen LogP contribution is 2.17. The van der Waals surface area contributed by atoms with Crippen LogP contribution < -0.4 is 5.32 Å². The van der Waals surface area contributed by atoms with E-state index in [4.69, 9.17) is 0 Å². The minimum absolute atomic E-state index is 0.103. The van der Waals surface area contributed by atoms with E-state index < -0.39 is 5.97 Å². The number of methoxy groups -OCH3 is 1. The van der Waals surface area contributed by atoms with E-state index in [9.17, 15) is 9.59 Å². The highest BCUT2D eigenvalue weighted by atomic mass is 16.5. The van der Waals surface area contributed by atoms with Crippen molar-refractivity contribution in [3.63, 3.8) is 0 Å². The average Bonchev–Trinajstić information content (AvgIpc) is 2.87. The van der Waals surface area contributed by atoms with Gasteiger partial charge in [0.2, 0.25) is 5.91 Å². The van der Waals surface area contributed by atoms with Crippen molar-refractivity contribution >= 4 is 22.8 Å². The Balaban J connectivity index is 1.94. The van der Waals surface area contributed by atoms with Crippen LogP contribution in [0.1, 0.15) is 12.0 Å². The summed E-state index contributed by atoms with van der Waals surface area (Å²) in [5.74, 6) is -0.662. The third-order valence-corrected chi connectivity index (χ3v) is 3.11. The largest absolute Gasteiger partial charge is 0.468 e. The van der Waals surface area contributed by atoms with Crippen LogP contribution in [0.5, 0.6) is 0 Å². The van der Waals surface area contributed by atoms with E-state index in [-0.39, 0.29) is 18.9 Å². The lowest BCUT2D eigenvalue weighted by Gasteiger charge is -2.05. The monoisotopic (exact) mass is 275 g/mol. The molecule has 0 aliphatic heterocycles. The van der Waals surface area contributed by atoms with E-state index >= 15 is 0 Å². The van der Waals surface area contributed by atoms with Crippen molar-refractivity contribution in [3.05, 3.63) is 30.0 Å². The summed E-state index contributed by atoms with van der Waals surface area (Å²) < 4.78 is 6.24. The minimum Gasteiger partial charge on any atom is -0.468 e. The van der Waals surface area contributed by atoms with Crippen molar-refractivity contribution in [3.8, 4) is 0 Å². The number of ether oxygens (including phenoxy) is 1. The number of benzene rings is 1. The van der Waals surface area contributed by atoms with Crippen LogP contribution >= 0.6 is 0 Å². The molecule has 0 saturated carbocycles. The lowest BCUT2D eigenvalue weighted by atomic mass is 10.1. The maximum Gasteiger partial charge on any atom is 0.325 e. The summed E-state index contributed by atoms with van der Waals surface area (Å²) in [7, 11) is 1.28. The molecule has 0 aliphatic carbocycles.